The van der Waals surface area contributed by atoms with Gasteiger partial charge in [0.15, 0.2) is 5.78 Å². The van der Waals surface area contributed by atoms with Crippen LogP contribution in [0.25, 0.3) is 33.1 Å². The van der Waals surface area contributed by atoms with E-state index in [1.807, 2.05) is 54.9 Å². The molecule has 0 saturated carbocycles. The Morgan fingerprint density at radius 3 is 2.41 bits per heavy atom. The smallest absolute Gasteiger partial charge is 0.259 e. The fourth-order valence-corrected chi connectivity index (χ4v) is 4.26. The second-order valence-corrected chi connectivity index (χ2v) is 8.35. The molecule has 0 fully saturated rings. The van der Waals surface area contributed by atoms with Crippen molar-refractivity contribution in [1.29, 1.82) is 0 Å². The van der Waals surface area contributed by atoms with Gasteiger partial charge in [-0.05, 0) is 42.5 Å². The number of hydrogen-bond donors (Lipinski definition) is 0. The summed E-state index contributed by atoms with van der Waals surface area (Å²) in [6.45, 7) is 0. The highest BCUT2D eigenvalue weighted by Crippen LogP contribution is 2.34. The topological polar surface area (TPSA) is 56.5 Å². The van der Waals surface area contributed by atoms with Crippen LogP contribution in [-0.2, 0) is 14.1 Å². The zero-order valence-corrected chi connectivity index (χ0v) is 19.4. The Hall–Kier alpha value is -3.51. The first-order valence-corrected chi connectivity index (χ1v) is 10.5. The van der Waals surface area contributed by atoms with Crippen LogP contribution in [-0.4, -0.2) is 41.0 Å². The fourth-order valence-electron chi connectivity index (χ4n) is 3.99. The number of aryl methyl sites for hydroxylation is 2. The van der Waals surface area contributed by atoms with Crippen molar-refractivity contribution < 1.29 is 9.53 Å². The molecule has 7 heteroatoms. The molecule has 2 heterocycles. The van der Waals surface area contributed by atoms with Crippen LogP contribution in [0.3, 0.4) is 0 Å². The van der Waals surface area contributed by atoms with Gasteiger partial charge < -0.3 is 14.2 Å². The summed E-state index contributed by atoms with van der Waals surface area (Å²) in [5, 5.41) is 2.21. The number of halogens is 1. The van der Waals surface area contributed by atoms with Gasteiger partial charge in [0.1, 0.15) is 11.4 Å². The van der Waals surface area contributed by atoms with Gasteiger partial charge in [0.2, 0.25) is 0 Å². The lowest BCUT2D eigenvalue weighted by Gasteiger charge is -2.10. The van der Waals surface area contributed by atoms with Gasteiger partial charge in [0.05, 0.1) is 17.6 Å². The number of aromatic nitrogens is 2. The molecule has 2 aromatic heterocycles. The molecule has 0 aliphatic rings. The Morgan fingerprint density at radius 2 is 1.75 bits per heavy atom. The number of hydrogen-bond acceptors (Lipinski definition) is 4. The van der Waals surface area contributed by atoms with Crippen LogP contribution >= 0.6 is 11.6 Å². The summed E-state index contributed by atoms with van der Waals surface area (Å²) >= 11 is 6.48. The van der Waals surface area contributed by atoms with E-state index in [1.54, 1.807) is 49.2 Å². The van der Waals surface area contributed by atoms with Crippen molar-refractivity contribution in [3.8, 4) is 16.9 Å². The molecule has 6 nitrogen and oxygen atoms in total. The van der Waals surface area contributed by atoms with Gasteiger partial charge in [-0.2, -0.15) is 0 Å². The number of ether oxygens (including phenoxy) is 1. The molecule has 0 amide bonds. The van der Waals surface area contributed by atoms with Crippen molar-refractivity contribution in [3.63, 3.8) is 0 Å². The molecule has 32 heavy (non-hydrogen) atoms. The quantitative estimate of drug-likeness (QED) is 0.329. The molecule has 0 atom stereocenters. The number of nitrogens with zero attached hydrogens (tertiary/aromatic N) is 3. The van der Waals surface area contributed by atoms with Gasteiger partial charge in [-0.1, -0.05) is 11.6 Å². The molecule has 0 unspecified atom stereocenters. The molecule has 0 aliphatic heterocycles. The second-order valence-electron chi connectivity index (χ2n) is 7.94. The largest absolute Gasteiger partial charge is 0.497 e. The summed E-state index contributed by atoms with van der Waals surface area (Å²) in [6, 6.07) is 12.7. The number of pyridine rings is 1. The van der Waals surface area contributed by atoms with Crippen LogP contribution in [0, 0.1) is 0 Å². The monoisotopic (exact) mass is 449 g/mol. The normalized spacial score (nSPS) is 11.6. The van der Waals surface area contributed by atoms with Crippen LogP contribution in [0.1, 0.15) is 10.4 Å². The molecular weight excluding hydrogens is 426 g/mol. The molecule has 0 saturated heterocycles. The van der Waals surface area contributed by atoms with Gasteiger partial charge in [-0.3, -0.25) is 14.2 Å². The third-order valence-electron chi connectivity index (χ3n) is 5.62. The van der Waals surface area contributed by atoms with Crippen molar-refractivity contribution in [2.75, 3.05) is 21.2 Å². The van der Waals surface area contributed by atoms with E-state index in [0.29, 0.717) is 27.5 Å². The van der Waals surface area contributed by atoms with Gasteiger partial charge in [0, 0.05) is 67.9 Å². The average molecular weight is 450 g/mol. The summed E-state index contributed by atoms with van der Waals surface area (Å²) in [5.74, 6) is 0.539. The van der Waals surface area contributed by atoms with E-state index in [9.17, 15) is 9.59 Å². The highest BCUT2D eigenvalue weighted by Gasteiger charge is 2.18. The molecule has 0 spiro atoms. The van der Waals surface area contributed by atoms with Crippen LogP contribution in [0.15, 0.2) is 59.5 Å². The molecule has 0 radical (unpaired) electrons. The minimum atomic E-state index is -0.152. The van der Waals surface area contributed by atoms with Crippen molar-refractivity contribution in [2.24, 2.45) is 14.1 Å². The van der Waals surface area contributed by atoms with Crippen LogP contribution in [0.2, 0.25) is 5.02 Å². The first-order valence-electron chi connectivity index (χ1n) is 10.1. The first-order chi connectivity index (χ1) is 15.2. The lowest BCUT2D eigenvalue weighted by atomic mass is 10.0. The number of carbonyl (C=O) groups is 1. The lowest BCUT2D eigenvalue weighted by molar-refractivity contribution is 0.104. The number of carbonyl (C=O) groups excluding carboxylic acids is 1. The number of rotatable bonds is 5. The Balaban J connectivity index is 1.99. The Kier molecular flexibility index (Phi) is 5.57. The molecular formula is C25H24ClN3O3. The van der Waals surface area contributed by atoms with Crippen molar-refractivity contribution in [3.05, 3.63) is 75.7 Å². The SMILES string of the molecule is COc1ccc(-c2cc3c4cc(C(=O)C=CN(C)C)ccc4n(C)c3n(C)c2=O)c(Cl)c1. The highest BCUT2D eigenvalue weighted by molar-refractivity contribution is 6.33. The number of benzene rings is 2. The van der Waals surface area contributed by atoms with E-state index in [1.165, 1.54) is 0 Å². The number of ketones is 1. The fraction of sp³-hybridized carbons (Fsp3) is 0.200. The van der Waals surface area contributed by atoms with Gasteiger partial charge in [-0.25, -0.2) is 0 Å². The molecule has 4 aromatic rings. The molecule has 0 bridgehead atoms. The Labute approximate surface area is 190 Å². The van der Waals surface area contributed by atoms with E-state index in [2.05, 4.69) is 0 Å². The van der Waals surface area contributed by atoms with Gasteiger partial charge in [-0.15, -0.1) is 0 Å². The van der Waals surface area contributed by atoms with E-state index in [4.69, 9.17) is 16.3 Å². The minimum Gasteiger partial charge on any atom is -0.497 e. The zero-order chi connectivity index (χ0) is 23.2. The third kappa shape index (κ3) is 3.56. The first kappa shape index (κ1) is 21.7. The van der Waals surface area contributed by atoms with Crippen molar-refractivity contribution >= 4 is 39.3 Å². The average Bonchev–Trinajstić information content (AvgIpc) is 3.05. The third-order valence-corrected chi connectivity index (χ3v) is 5.94. The summed E-state index contributed by atoms with van der Waals surface area (Å²) in [5.41, 5.74) is 3.26. The molecule has 4 rings (SSSR count). The maximum Gasteiger partial charge on any atom is 0.259 e. The van der Waals surface area contributed by atoms with Crippen molar-refractivity contribution in [1.82, 2.24) is 14.0 Å². The van der Waals surface area contributed by atoms with E-state index < -0.39 is 0 Å². The lowest BCUT2D eigenvalue weighted by Crippen LogP contribution is -2.20. The maximum atomic E-state index is 13.2. The van der Waals surface area contributed by atoms with E-state index in [-0.39, 0.29) is 11.3 Å². The van der Waals surface area contributed by atoms with Gasteiger partial charge >= 0.3 is 0 Å². The zero-order valence-electron chi connectivity index (χ0n) is 18.6. The Bertz CT molecular complexity index is 1460. The van der Waals surface area contributed by atoms with Crippen molar-refractivity contribution in [2.45, 2.75) is 0 Å². The summed E-state index contributed by atoms with van der Waals surface area (Å²) in [7, 11) is 8.96. The predicted molar refractivity (Wildman–Crippen MR) is 130 cm³/mol. The number of methoxy groups -OCH3 is 1. The summed E-state index contributed by atoms with van der Waals surface area (Å²) < 4.78 is 8.82. The number of fused-ring (bicyclic) bond motifs is 3. The predicted octanol–water partition coefficient (Wildman–Crippen LogP) is 4.62. The molecule has 0 N–H and O–H groups in total. The highest BCUT2D eigenvalue weighted by atomic mass is 35.5. The van der Waals surface area contributed by atoms with E-state index >= 15 is 0 Å². The Morgan fingerprint density at radius 1 is 1.00 bits per heavy atom. The summed E-state index contributed by atoms with van der Waals surface area (Å²) in [6.07, 6.45) is 3.27. The van der Waals surface area contributed by atoms with Gasteiger partial charge in [0.25, 0.3) is 5.56 Å². The molecule has 2 aromatic carbocycles. The molecule has 164 valence electrons. The van der Waals surface area contributed by atoms with Crippen LogP contribution in [0.5, 0.6) is 5.75 Å². The van der Waals surface area contributed by atoms with E-state index in [0.717, 1.165) is 21.9 Å². The molecule has 0 aliphatic carbocycles. The second kappa shape index (κ2) is 8.20. The summed E-state index contributed by atoms with van der Waals surface area (Å²) in [4.78, 5) is 27.7. The standard InChI is InChI=1S/C25H24ClN3O3/c1-27(2)11-10-23(30)15-6-9-22-18(12-15)19-14-20(25(31)29(4)24(19)28(22)3)17-8-7-16(32-5)13-21(17)26/h6-14H,1-5H3. The van der Waals surface area contributed by atoms with Crippen LogP contribution in [0.4, 0.5) is 0 Å². The minimum absolute atomic E-state index is 0.0826. The number of allylic oxidation sites excluding steroid dienone is 1. The van der Waals surface area contributed by atoms with Crippen LogP contribution < -0.4 is 10.3 Å². The maximum absolute atomic E-state index is 13.2.